The summed E-state index contributed by atoms with van der Waals surface area (Å²) in [6.07, 6.45) is 1.58. The molecule has 9 heteroatoms. The van der Waals surface area contributed by atoms with Crippen LogP contribution in [-0.4, -0.2) is 34.9 Å². The molecule has 1 unspecified atom stereocenters. The minimum absolute atomic E-state index is 0.0439. The quantitative estimate of drug-likeness (QED) is 0.446. The second kappa shape index (κ2) is 8.28. The van der Waals surface area contributed by atoms with Crippen LogP contribution in [0.2, 0.25) is 0 Å². The number of aromatic nitrogens is 1. The summed E-state index contributed by atoms with van der Waals surface area (Å²) in [5.41, 5.74) is -0.144. The highest BCUT2D eigenvalue weighted by molar-refractivity contribution is 7.16. The van der Waals surface area contributed by atoms with Crippen molar-refractivity contribution in [3.63, 3.8) is 0 Å². The molecule has 2 heterocycles. The highest BCUT2D eigenvalue weighted by atomic mass is 35.5. The fraction of sp³-hybridized carbons (Fsp3) is 0.316. The molecule has 0 aliphatic heterocycles. The van der Waals surface area contributed by atoms with E-state index < -0.39 is 28.6 Å². The number of rotatable bonds is 6. The van der Waals surface area contributed by atoms with Gasteiger partial charge in [-0.3, -0.25) is 9.59 Å². The minimum Gasteiger partial charge on any atom is -0.465 e. The van der Waals surface area contributed by atoms with Crippen molar-refractivity contribution < 1.29 is 23.5 Å². The van der Waals surface area contributed by atoms with Crippen molar-refractivity contribution in [3.05, 3.63) is 50.9 Å². The molecular formula is C19H17ClFNO5S. The SMILES string of the molecule is CCOC(=O)c1c(=O)c2cc(F)c(CC(Cl)C(=O)OCC)cc2n2ccsc12. The number of ether oxygens (including phenoxy) is 2. The van der Waals surface area contributed by atoms with E-state index >= 15 is 0 Å². The summed E-state index contributed by atoms with van der Waals surface area (Å²) in [7, 11) is 0. The number of thiazole rings is 1. The van der Waals surface area contributed by atoms with E-state index in [2.05, 4.69) is 0 Å². The number of alkyl halides is 1. The van der Waals surface area contributed by atoms with Gasteiger partial charge in [0.05, 0.1) is 18.7 Å². The van der Waals surface area contributed by atoms with Crippen LogP contribution in [0.25, 0.3) is 15.7 Å². The summed E-state index contributed by atoms with van der Waals surface area (Å²) in [5, 5.41) is 0.700. The lowest BCUT2D eigenvalue weighted by molar-refractivity contribution is -0.142. The van der Waals surface area contributed by atoms with Crippen LogP contribution in [0.15, 0.2) is 28.5 Å². The van der Waals surface area contributed by atoms with Crippen molar-refractivity contribution in [2.45, 2.75) is 25.6 Å². The van der Waals surface area contributed by atoms with Gasteiger partial charge in [0.1, 0.15) is 21.6 Å². The van der Waals surface area contributed by atoms with E-state index in [1.807, 2.05) is 0 Å². The highest BCUT2D eigenvalue weighted by Crippen LogP contribution is 2.25. The smallest absolute Gasteiger partial charge is 0.345 e. The Bertz CT molecular complexity index is 1120. The molecule has 0 N–H and O–H groups in total. The molecule has 148 valence electrons. The zero-order chi connectivity index (χ0) is 20.4. The van der Waals surface area contributed by atoms with Crippen LogP contribution in [0.3, 0.4) is 0 Å². The average molecular weight is 426 g/mol. The molecule has 2 aromatic heterocycles. The molecular weight excluding hydrogens is 409 g/mol. The zero-order valence-electron chi connectivity index (χ0n) is 15.2. The maximum Gasteiger partial charge on any atom is 0.345 e. The number of pyridine rings is 1. The van der Waals surface area contributed by atoms with E-state index in [4.69, 9.17) is 21.1 Å². The fourth-order valence-electron chi connectivity index (χ4n) is 2.92. The lowest BCUT2D eigenvalue weighted by Gasteiger charge is -2.12. The van der Waals surface area contributed by atoms with Crippen LogP contribution < -0.4 is 5.43 Å². The van der Waals surface area contributed by atoms with Gasteiger partial charge in [0.15, 0.2) is 0 Å². The van der Waals surface area contributed by atoms with E-state index in [1.54, 1.807) is 29.8 Å². The van der Waals surface area contributed by atoms with Crippen molar-refractivity contribution >= 4 is 50.6 Å². The summed E-state index contributed by atoms with van der Waals surface area (Å²) in [5.74, 6) is -2.08. The molecule has 0 spiro atoms. The Labute approximate surface area is 168 Å². The molecule has 3 aromatic rings. The molecule has 0 aliphatic rings. The number of hydrogen-bond acceptors (Lipinski definition) is 6. The van der Waals surface area contributed by atoms with Crippen molar-refractivity contribution in [1.82, 2.24) is 4.40 Å². The first kappa shape index (κ1) is 20.3. The number of carbonyl (C=O) groups is 2. The molecule has 28 heavy (non-hydrogen) atoms. The molecule has 0 amide bonds. The number of hydrogen-bond donors (Lipinski definition) is 0. The largest absolute Gasteiger partial charge is 0.465 e. The molecule has 0 bridgehead atoms. The van der Waals surface area contributed by atoms with Gasteiger partial charge in [-0.05, 0) is 31.5 Å². The molecule has 0 fully saturated rings. The Kier molecular flexibility index (Phi) is 6.00. The first-order valence-corrected chi connectivity index (χ1v) is 9.92. The van der Waals surface area contributed by atoms with Crippen LogP contribution in [0, 0.1) is 5.82 Å². The van der Waals surface area contributed by atoms with Gasteiger partial charge in [0.2, 0.25) is 5.43 Å². The zero-order valence-corrected chi connectivity index (χ0v) is 16.7. The van der Waals surface area contributed by atoms with E-state index in [1.165, 1.54) is 17.4 Å². The lowest BCUT2D eigenvalue weighted by atomic mass is 10.0. The van der Waals surface area contributed by atoms with Crippen LogP contribution in [0.1, 0.15) is 29.8 Å². The fourth-order valence-corrected chi connectivity index (χ4v) is 4.02. The Morgan fingerprint density at radius 3 is 2.64 bits per heavy atom. The number of esters is 2. The second-order valence-electron chi connectivity index (χ2n) is 5.89. The third kappa shape index (κ3) is 3.62. The van der Waals surface area contributed by atoms with Crippen LogP contribution in [0.5, 0.6) is 0 Å². The lowest BCUT2D eigenvalue weighted by Crippen LogP contribution is -2.22. The summed E-state index contributed by atoms with van der Waals surface area (Å²) >= 11 is 7.23. The van der Waals surface area contributed by atoms with Crippen molar-refractivity contribution in [2.75, 3.05) is 13.2 Å². The third-order valence-corrected chi connectivity index (χ3v) is 5.35. The summed E-state index contributed by atoms with van der Waals surface area (Å²) in [6.45, 7) is 3.58. The summed E-state index contributed by atoms with van der Waals surface area (Å²) in [4.78, 5) is 37.3. The van der Waals surface area contributed by atoms with Gasteiger partial charge in [0.25, 0.3) is 0 Å². The van der Waals surface area contributed by atoms with Crippen LogP contribution in [-0.2, 0) is 20.7 Å². The number of carbonyl (C=O) groups excluding carboxylic acids is 2. The van der Waals surface area contributed by atoms with Gasteiger partial charge >= 0.3 is 11.9 Å². The van der Waals surface area contributed by atoms with E-state index in [0.717, 1.165) is 6.07 Å². The Hall–Kier alpha value is -2.45. The number of halogens is 2. The predicted octanol–water partition coefficient (Wildman–Crippen LogP) is 3.54. The normalized spacial score (nSPS) is 12.3. The first-order valence-electron chi connectivity index (χ1n) is 8.60. The summed E-state index contributed by atoms with van der Waals surface area (Å²) in [6, 6.07) is 2.53. The number of nitrogens with zero attached hydrogens (tertiary/aromatic N) is 1. The van der Waals surface area contributed by atoms with Gasteiger partial charge in [-0.25, -0.2) is 9.18 Å². The highest BCUT2D eigenvalue weighted by Gasteiger charge is 2.24. The molecule has 1 aromatic carbocycles. The van der Waals surface area contributed by atoms with Gasteiger partial charge in [-0.15, -0.1) is 22.9 Å². The van der Waals surface area contributed by atoms with Gasteiger partial charge in [0, 0.05) is 23.4 Å². The Balaban J connectivity index is 2.17. The van der Waals surface area contributed by atoms with Gasteiger partial charge in [-0.2, -0.15) is 0 Å². The Morgan fingerprint density at radius 2 is 1.96 bits per heavy atom. The molecule has 0 saturated carbocycles. The molecule has 0 saturated heterocycles. The number of fused-ring (bicyclic) bond motifs is 3. The third-order valence-electron chi connectivity index (χ3n) is 4.14. The molecule has 0 aliphatic carbocycles. The predicted molar refractivity (Wildman–Crippen MR) is 105 cm³/mol. The standard InChI is InChI=1S/C19H17ClFNO5S/c1-3-26-18(24)12(20)7-10-8-14-11(9-13(10)21)16(23)15(19(25)27-4-2)17-22(14)5-6-28-17/h5-6,8-9,12H,3-4,7H2,1-2H3. The number of benzene rings is 1. The van der Waals surface area contributed by atoms with Crippen molar-refractivity contribution in [3.8, 4) is 0 Å². The van der Waals surface area contributed by atoms with E-state index in [-0.39, 0.29) is 36.1 Å². The Morgan fingerprint density at radius 1 is 1.25 bits per heavy atom. The topological polar surface area (TPSA) is 74.1 Å². The summed E-state index contributed by atoms with van der Waals surface area (Å²) < 4.78 is 26.1. The van der Waals surface area contributed by atoms with Crippen molar-refractivity contribution in [2.24, 2.45) is 0 Å². The van der Waals surface area contributed by atoms with Gasteiger partial charge < -0.3 is 13.9 Å². The molecule has 1 atom stereocenters. The molecule has 0 radical (unpaired) electrons. The van der Waals surface area contributed by atoms with Crippen LogP contribution >= 0.6 is 22.9 Å². The maximum atomic E-state index is 14.6. The monoisotopic (exact) mass is 425 g/mol. The first-order chi connectivity index (χ1) is 13.4. The maximum absolute atomic E-state index is 14.6. The molecule has 6 nitrogen and oxygen atoms in total. The van der Waals surface area contributed by atoms with Crippen molar-refractivity contribution in [1.29, 1.82) is 0 Å². The van der Waals surface area contributed by atoms with E-state index in [0.29, 0.717) is 10.3 Å². The van der Waals surface area contributed by atoms with Gasteiger partial charge in [-0.1, -0.05) is 0 Å². The average Bonchev–Trinajstić information content (AvgIpc) is 3.12. The van der Waals surface area contributed by atoms with Crippen LogP contribution in [0.4, 0.5) is 4.39 Å². The second-order valence-corrected chi connectivity index (χ2v) is 7.31. The molecule has 3 rings (SSSR count). The minimum atomic E-state index is -1.06. The van der Waals surface area contributed by atoms with E-state index in [9.17, 15) is 18.8 Å².